The van der Waals surface area contributed by atoms with E-state index >= 15 is 0 Å². The Morgan fingerprint density at radius 2 is 1.73 bits per heavy atom. The third kappa shape index (κ3) is 8.90. The zero-order valence-electron chi connectivity index (χ0n) is 22.3. The molecule has 7 nitrogen and oxygen atoms in total. The Morgan fingerprint density at radius 3 is 2.30 bits per heavy atom. The molecule has 0 saturated carbocycles. The molecule has 0 aliphatic heterocycles. The molecule has 2 amide bonds. The van der Waals surface area contributed by atoms with Crippen LogP contribution in [0.5, 0.6) is 0 Å². The van der Waals surface area contributed by atoms with E-state index in [4.69, 9.17) is 23.2 Å². The summed E-state index contributed by atoms with van der Waals surface area (Å²) in [5.74, 6) is -0.504. The summed E-state index contributed by atoms with van der Waals surface area (Å²) in [7, 11) is -3.57. The number of hydrogen-bond acceptors (Lipinski definition) is 4. The number of nitrogens with one attached hydrogen (secondary N) is 1. The number of nitrogens with zero attached hydrogens (tertiary/aromatic N) is 2. The first-order valence-corrected chi connectivity index (χ1v) is 14.9. The van der Waals surface area contributed by atoms with Crippen LogP contribution in [0, 0.1) is 13.8 Å². The van der Waals surface area contributed by atoms with Gasteiger partial charge in [0.15, 0.2) is 0 Å². The van der Waals surface area contributed by atoms with Crippen molar-refractivity contribution in [2.24, 2.45) is 0 Å². The van der Waals surface area contributed by atoms with Crippen LogP contribution in [0.2, 0.25) is 10.0 Å². The Kier molecular flexibility index (Phi) is 11.3. The number of halogens is 2. The highest BCUT2D eigenvalue weighted by Gasteiger charge is 2.29. The van der Waals surface area contributed by atoms with Gasteiger partial charge in [-0.25, -0.2) is 8.42 Å². The molecule has 1 N–H and O–H groups in total. The van der Waals surface area contributed by atoms with Crippen LogP contribution in [0.1, 0.15) is 56.7 Å². The van der Waals surface area contributed by atoms with Crippen molar-refractivity contribution in [1.82, 2.24) is 10.2 Å². The van der Waals surface area contributed by atoms with E-state index in [1.54, 1.807) is 18.2 Å². The van der Waals surface area contributed by atoms with Gasteiger partial charge in [-0.2, -0.15) is 0 Å². The number of carbonyl (C=O) groups excluding carboxylic acids is 2. The second-order valence-corrected chi connectivity index (χ2v) is 12.3. The number of aryl methyl sites for hydroxylation is 2. The highest BCUT2D eigenvalue weighted by atomic mass is 35.5. The fourth-order valence-corrected chi connectivity index (χ4v) is 5.59. The number of sulfonamides is 1. The Labute approximate surface area is 231 Å². The molecular formula is C27H37Cl2N3O4S. The Morgan fingerprint density at radius 1 is 1.05 bits per heavy atom. The number of hydrogen-bond donors (Lipinski definition) is 1. The summed E-state index contributed by atoms with van der Waals surface area (Å²) in [5.41, 5.74) is 3.04. The molecule has 10 heteroatoms. The highest BCUT2D eigenvalue weighted by Crippen LogP contribution is 2.26. The molecule has 37 heavy (non-hydrogen) atoms. The summed E-state index contributed by atoms with van der Waals surface area (Å²) in [6, 6.07) is 9.88. The van der Waals surface area contributed by atoms with Gasteiger partial charge in [-0.15, -0.1) is 0 Å². The molecule has 0 unspecified atom stereocenters. The maximum Gasteiger partial charge on any atom is 0.243 e. The molecule has 0 aromatic heterocycles. The lowest BCUT2D eigenvalue weighted by Crippen LogP contribution is -2.50. The van der Waals surface area contributed by atoms with Crippen LogP contribution in [0.4, 0.5) is 5.69 Å². The van der Waals surface area contributed by atoms with Crippen molar-refractivity contribution in [3.63, 3.8) is 0 Å². The van der Waals surface area contributed by atoms with E-state index in [9.17, 15) is 18.0 Å². The first-order valence-electron chi connectivity index (χ1n) is 12.3. The SMILES string of the molecule is CC[C@@H](C(=O)NC(C)C)N(Cc1ccc(Cl)cc1Cl)C(=O)CCCN(c1cc(C)ccc1C)S(C)(=O)=O. The van der Waals surface area contributed by atoms with Crippen molar-refractivity contribution in [3.8, 4) is 0 Å². The molecule has 1 atom stereocenters. The fraction of sp³-hybridized carbons (Fsp3) is 0.481. The summed E-state index contributed by atoms with van der Waals surface area (Å²) in [6.45, 7) is 9.60. The molecule has 0 spiro atoms. The smallest absolute Gasteiger partial charge is 0.243 e. The fourth-order valence-electron chi connectivity index (χ4n) is 4.10. The highest BCUT2D eigenvalue weighted by molar-refractivity contribution is 7.92. The van der Waals surface area contributed by atoms with Gasteiger partial charge in [-0.3, -0.25) is 13.9 Å². The average molecular weight is 571 g/mol. The molecule has 0 bridgehead atoms. The van der Waals surface area contributed by atoms with Crippen molar-refractivity contribution in [1.29, 1.82) is 0 Å². The van der Waals surface area contributed by atoms with Gasteiger partial charge in [0.1, 0.15) is 6.04 Å². The summed E-state index contributed by atoms with van der Waals surface area (Å²) < 4.78 is 26.6. The molecule has 0 aliphatic carbocycles. The van der Waals surface area contributed by atoms with Crippen molar-refractivity contribution in [3.05, 3.63) is 63.1 Å². The lowest BCUT2D eigenvalue weighted by Gasteiger charge is -2.32. The van der Waals surface area contributed by atoms with E-state index < -0.39 is 16.1 Å². The van der Waals surface area contributed by atoms with Crippen LogP contribution >= 0.6 is 23.2 Å². The van der Waals surface area contributed by atoms with Crippen molar-refractivity contribution < 1.29 is 18.0 Å². The number of carbonyl (C=O) groups is 2. The standard InChI is InChI=1S/C27H37Cl2N3O4S/c1-7-24(27(34)30-18(2)3)31(17-21-12-13-22(28)16-23(21)29)26(33)9-8-14-32(37(6,35)36)25-15-19(4)10-11-20(25)5/h10-13,15-16,18,24H,7-9,14,17H2,1-6H3,(H,30,34)/t24-/m0/s1. The van der Waals surface area contributed by atoms with Gasteiger partial charge in [0.05, 0.1) is 11.9 Å². The Balaban J connectivity index is 2.29. The van der Waals surface area contributed by atoms with Gasteiger partial charge in [0.25, 0.3) is 0 Å². The molecule has 2 aromatic carbocycles. The first kappa shape index (κ1) is 30.9. The van der Waals surface area contributed by atoms with E-state index in [1.807, 2.05) is 52.8 Å². The van der Waals surface area contributed by atoms with Gasteiger partial charge in [-0.1, -0.05) is 48.3 Å². The molecule has 2 aromatic rings. The normalized spacial score (nSPS) is 12.4. The zero-order chi connectivity index (χ0) is 27.9. The summed E-state index contributed by atoms with van der Waals surface area (Å²) >= 11 is 12.4. The van der Waals surface area contributed by atoms with Gasteiger partial charge < -0.3 is 10.2 Å². The number of benzene rings is 2. The summed E-state index contributed by atoms with van der Waals surface area (Å²) in [6.07, 6.45) is 1.92. The van der Waals surface area contributed by atoms with Gasteiger partial charge >= 0.3 is 0 Å². The number of amides is 2. The van der Waals surface area contributed by atoms with Crippen LogP contribution in [-0.2, 0) is 26.2 Å². The van der Waals surface area contributed by atoms with Crippen LogP contribution in [0.3, 0.4) is 0 Å². The first-order chi connectivity index (χ1) is 17.2. The second-order valence-electron chi connectivity index (χ2n) is 9.57. The van der Waals surface area contributed by atoms with Crippen LogP contribution < -0.4 is 9.62 Å². The minimum Gasteiger partial charge on any atom is -0.352 e. The Hall–Kier alpha value is -2.29. The van der Waals surface area contributed by atoms with Gasteiger partial charge in [0, 0.05) is 35.6 Å². The van der Waals surface area contributed by atoms with Crippen LogP contribution in [-0.4, -0.2) is 50.0 Å². The molecule has 2 rings (SSSR count). The predicted molar refractivity (Wildman–Crippen MR) is 152 cm³/mol. The Bertz CT molecular complexity index is 1220. The number of anilines is 1. The lowest BCUT2D eigenvalue weighted by molar-refractivity contribution is -0.141. The van der Waals surface area contributed by atoms with E-state index in [0.717, 1.165) is 17.4 Å². The van der Waals surface area contributed by atoms with Gasteiger partial charge in [0.2, 0.25) is 21.8 Å². The zero-order valence-corrected chi connectivity index (χ0v) is 24.7. The van der Waals surface area contributed by atoms with Gasteiger partial charge in [-0.05, 0) is 75.4 Å². The molecule has 0 saturated heterocycles. The number of rotatable bonds is 12. The molecular weight excluding hydrogens is 533 g/mol. The summed E-state index contributed by atoms with van der Waals surface area (Å²) in [4.78, 5) is 28.0. The quantitative estimate of drug-likeness (QED) is 0.366. The predicted octanol–water partition coefficient (Wildman–Crippen LogP) is 5.49. The minimum atomic E-state index is -3.57. The molecule has 204 valence electrons. The van der Waals surface area contributed by atoms with E-state index in [2.05, 4.69) is 5.32 Å². The maximum atomic E-state index is 13.5. The minimum absolute atomic E-state index is 0.0630. The van der Waals surface area contributed by atoms with E-state index in [-0.39, 0.29) is 43.8 Å². The van der Waals surface area contributed by atoms with E-state index in [0.29, 0.717) is 27.7 Å². The maximum absolute atomic E-state index is 13.5. The van der Waals surface area contributed by atoms with E-state index in [1.165, 1.54) is 9.21 Å². The molecule has 0 fully saturated rings. The molecule has 0 aliphatic rings. The monoisotopic (exact) mass is 569 g/mol. The van der Waals surface area contributed by atoms with Crippen LogP contribution in [0.25, 0.3) is 0 Å². The second kappa shape index (κ2) is 13.5. The van der Waals surface area contributed by atoms with Crippen molar-refractivity contribution in [2.45, 2.75) is 72.5 Å². The average Bonchev–Trinajstić information content (AvgIpc) is 2.78. The largest absolute Gasteiger partial charge is 0.352 e. The summed E-state index contributed by atoms with van der Waals surface area (Å²) in [5, 5.41) is 3.77. The molecule has 0 radical (unpaired) electrons. The van der Waals surface area contributed by atoms with Crippen molar-refractivity contribution in [2.75, 3.05) is 17.1 Å². The molecule has 0 heterocycles. The third-order valence-electron chi connectivity index (χ3n) is 5.96. The van der Waals surface area contributed by atoms with Crippen LogP contribution in [0.15, 0.2) is 36.4 Å². The topological polar surface area (TPSA) is 86.8 Å². The lowest BCUT2D eigenvalue weighted by atomic mass is 10.1. The van der Waals surface area contributed by atoms with Crippen molar-refractivity contribution >= 4 is 50.7 Å². The third-order valence-corrected chi connectivity index (χ3v) is 7.73.